The van der Waals surface area contributed by atoms with E-state index in [-0.39, 0.29) is 12.0 Å². The number of hydrogen-bond donors (Lipinski definition) is 0. The van der Waals surface area contributed by atoms with Crippen molar-refractivity contribution in [1.29, 1.82) is 0 Å². The molecule has 30 heavy (non-hydrogen) atoms. The third kappa shape index (κ3) is 4.57. The fourth-order valence-electron chi connectivity index (χ4n) is 3.25. The molecule has 1 saturated heterocycles. The summed E-state index contributed by atoms with van der Waals surface area (Å²) in [5.74, 6) is 1.02. The van der Waals surface area contributed by atoms with Crippen LogP contribution in [0.4, 0.5) is 4.79 Å². The number of rotatable bonds is 5. The van der Waals surface area contributed by atoms with Crippen molar-refractivity contribution in [3.63, 3.8) is 0 Å². The van der Waals surface area contributed by atoms with E-state index in [4.69, 9.17) is 9.72 Å². The minimum absolute atomic E-state index is 0.0453. The third-order valence-electron chi connectivity index (χ3n) is 4.80. The molecule has 1 fully saturated rings. The number of aromatic nitrogens is 2. The molecule has 0 N–H and O–H groups in total. The van der Waals surface area contributed by atoms with Crippen molar-refractivity contribution < 1.29 is 14.3 Å². The highest BCUT2D eigenvalue weighted by Crippen LogP contribution is 2.30. The lowest BCUT2D eigenvalue weighted by atomic mass is 10.2. The number of carbonyl (C=O) groups excluding carboxylic acids is 2. The molecule has 3 heterocycles. The van der Waals surface area contributed by atoms with Gasteiger partial charge in [-0.3, -0.25) is 4.79 Å². The lowest BCUT2D eigenvalue weighted by Crippen LogP contribution is -2.51. The number of ether oxygens (including phenoxy) is 1. The molecule has 2 aromatic heterocycles. The second-order valence-electron chi connectivity index (χ2n) is 6.70. The van der Waals surface area contributed by atoms with Gasteiger partial charge >= 0.3 is 6.09 Å². The van der Waals surface area contributed by atoms with E-state index in [1.165, 1.54) is 11.8 Å². The van der Waals surface area contributed by atoms with Crippen molar-refractivity contribution in [2.75, 3.05) is 38.5 Å². The first-order valence-corrected chi connectivity index (χ1v) is 11.6. The molecule has 156 valence electrons. The quantitative estimate of drug-likeness (QED) is 0.443. The highest BCUT2D eigenvalue weighted by atomic mass is 32.2. The van der Waals surface area contributed by atoms with Gasteiger partial charge in [-0.25, -0.2) is 14.8 Å². The van der Waals surface area contributed by atoms with Crippen LogP contribution in [0.1, 0.15) is 6.92 Å². The highest BCUT2D eigenvalue weighted by molar-refractivity contribution is 8.00. The molecule has 4 rings (SSSR count). The number of amides is 2. The van der Waals surface area contributed by atoms with Gasteiger partial charge in [0.05, 0.1) is 22.8 Å². The van der Waals surface area contributed by atoms with Gasteiger partial charge in [-0.15, -0.1) is 11.3 Å². The number of thioether (sulfide) groups is 1. The monoisotopic (exact) mass is 442 g/mol. The second kappa shape index (κ2) is 9.44. The molecule has 9 heteroatoms. The van der Waals surface area contributed by atoms with Gasteiger partial charge in [0, 0.05) is 31.6 Å². The van der Waals surface area contributed by atoms with Gasteiger partial charge in [0.2, 0.25) is 5.91 Å². The van der Waals surface area contributed by atoms with Gasteiger partial charge in [0.15, 0.2) is 5.82 Å². The zero-order chi connectivity index (χ0) is 20.9. The minimum Gasteiger partial charge on any atom is -0.450 e. The summed E-state index contributed by atoms with van der Waals surface area (Å²) in [6.07, 6.45) is -0.312. The van der Waals surface area contributed by atoms with Gasteiger partial charge in [0.1, 0.15) is 5.03 Å². The first-order valence-electron chi connectivity index (χ1n) is 9.78. The summed E-state index contributed by atoms with van der Waals surface area (Å²) >= 11 is 3.03. The summed E-state index contributed by atoms with van der Waals surface area (Å²) < 4.78 is 5.03. The van der Waals surface area contributed by atoms with E-state index in [1.54, 1.807) is 28.1 Å². The Hall–Kier alpha value is -2.65. The maximum atomic E-state index is 12.8. The number of hydrogen-bond acceptors (Lipinski definition) is 7. The number of carbonyl (C=O) groups is 2. The van der Waals surface area contributed by atoms with Gasteiger partial charge < -0.3 is 14.5 Å². The first kappa shape index (κ1) is 20.6. The second-order valence-corrected chi connectivity index (χ2v) is 8.61. The Morgan fingerprint density at radius 1 is 1.07 bits per heavy atom. The van der Waals surface area contributed by atoms with E-state index >= 15 is 0 Å². The molecular weight excluding hydrogens is 420 g/mol. The number of para-hydroxylation sites is 1. The third-order valence-corrected chi connectivity index (χ3v) is 6.64. The van der Waals surface area contributed by atoms with Crippen LogP contribution < -0.4 is 0 Å². The average Bonchev–Trinajstić information content (AvgIpc) is 3.32. The van der Waals surface area contributed by atoms with Crippen LogP contribution in [0.25, 0.3) is 21.6 Å². The van der Waals surface area contributed by atoms with Crippen LogP contribution in [0.3, 0.4) is 0 Å². The van der Waals surface area contributed by atoms with Crippen molar-refractivity contribution in [1.82, 2.24) is 19.8 Å². The Balaban J connectivity index is 1.44. The molecule has 3 aromatic rings. The Bertz CT molecular complexity index is 1030. The summed E-state index contributed by atoms with van der Waals surface area (Å²) in [7, 11) is 0. The first-order chi connectivity index (χ1) is 14.7. The molecule has 0 saturated carbocycles. The van der Waals surface area contributed by atoms with Crippen molar-refractivity contribution >= 4 is 46.0 Å². The summed E-state index contributed by atoms with van der Waals surface area (Å²) in [6, 6.07) is 11.8. The Morgan fingerprint density at radius 2 is 1.83 bits per heavy atom. The summed E-state index contributed by atoms with van der Waals surface area (Å²) in [6.45, 7) is 4.17. The smallest absolute Gasteiger partial charge is 0.409 e. The van der Waals surface area contributed by atoms with Crippen molar-refractivity contribution in [3.8, 4) is 10.7 Å². The Labute approximate surface area is 183 Å². The van der Waals surface area contributed by atoms with Crippen LogP contribution in [-0.4, -0.2) is 70.3 Å². The molecule has 0 radical (unpaired) electrons. The molecule has 0 bridgehead atoms. The van der Waals surface area contributed by atoms with Crippen molar-refractivity contribution in [2.24, 2.45) is 0 Å². The number of fused-ring (bicyclic) bond motifs is 1. The Morgan fingerprint density at radius 3 is 2.57 bits per heavy atom. The van der Waals surface area contributed by atoms with Crippen LogP contribution in [0.2, 0.25) is 0 Å². The van der Waals surface area contributed by atoms with Gasteiger partial charge in [-0.2, -0.15) is 0 Å². The largest absolute Gasteiger partial charge is 0.450 e. The topological polar surface area (TPSA) is 75.6 Å². The minimum atomic E-state index is -0.312. The lowest BCUT2D eigenvalue weighted by Gasteiger charge is -2.34. The Kier molecular flexibility index (Phi) is 6.49. The van der Waals surface area contributed by atoms with E-state index in [0.29, 0.717) is 44.4 Å². The van der Waals surface area contributed by atoms with Gasteiger partial charge in [-0.05, 0) is 24.4 Å². The van der Waals surface area contributed by atoms with E-state index in [9.17, 15) is 9.59 Å². The number of piperazine rings is 1. The van der Waals surface area contributed by atoms with Crippen molar-refractivity contribution in [2.45, 2.75) is 11.9 Å². The summed E-state index contributed by atoms with van der Waals surface area (Å²) in [5, 5.41) is 3.76. The highest BCUT2D eigenvalue weighted by Gasteiger charge is 2.25. The molecule has 1 aromatic carbocycles. The van der Waals surface area contributed by atoms with Crippen LogP contribution in [0, 0.1) is 0 Å². The van der Waals surface area contributed by atoms with Gasteiger partial charge in [0.25, 0.3) is 0 Å². The fraction of sp³-hybridized carbons (Fsp3) is 0.333. The zero-order valence-corrected chi connectivity index (χ0v) is 18.2. The molecule has 0 spiro atoms. The van der Waals surface area contributed by atoms with E-state index in [2.05, 4.69) is 4.98 Å². The molecule has 7 nitrogen and oxygen atoms in total. The summed E-state index contributed by atoms with van der Waals surface area (Å²) in [4.78, 5) is 38.4. The average molecular weight is 443 g/mol. The predicted molar refractivity (Wildman–Crippen MR) is 119 cm³/mol. The number of thiophene rings is 1. The molecular formula is C21H22N4O3S2. The van der Waals surface area contributed by atoms with Crippen LogP contribution in [0.5, 0.6) is 0 Å². The fourth-order valence-corrected chi connectivity index (χ4v) is 4.83. The van der Waals surface area contributed by atoms with E-state index in [0.717, 1.165) is 20.8 Å². The maximum absolute atomic E-state index is 12.8. The molecule has 0 aliphatic carbocycles. The van der Waals surface area contributed by atoms with E-state index < -0.39 is 0 Å². The normalized spacial score (nSPS) is 14.2. The van der Waals surface area contributed by atoms with E-state index in [1.807, 2.05) is 41.8 Å². The van der Waals surface area contributed by atoms with Crippen molar-refractivity contribution in [3.05, 3.63) is 41.8 Å². The predicted octanol–water partition coefficient (Wildman–Crippen LogP) is 3.75. The zero-order valence-electron chi connectivity index (χ0n) is 16.6. The molecule has 2 amide bonds. The standard InChI is InChI=1S/C21H22N4O3S2/c1-2-28-21(27)25-11-9-24(10-12-25)18(26)14-30-20-15-6-3-4-7-16(15)22-19(23-20)17-8-5-13-29-17/h3-8,13H,2,9-12,14H2,1H3. The maximum Gasteiger partial charge on any atom is 0.409 e. The molecule has 0 atom stereocenters. The number of nitrogens with zero attached hydrogens (tertiary/aromatic N) is 4. The van der Waals surface area contributed by atoms with Gasteiger partial charge in [-0.1, -0.05) is 36.0 Å². The molecule has 1 aliphatic rings. The molecule has 0 unspecified atom stereocenters. The van der Waals surface area contributed by atoms with Crippen LogP contribution >= 0.6 is 23.1 Å². The van der Waals surface area contributed by atoms with Crippen LogP contribution in [-0.2, 0) is 9.53 Å². The SMILES string of the molecule is CCOC(=O)N1CCN(C(=O)CSc2nc(-c3cccs3)nc3ccccc23)CC1. The lowest BCUT2D eigenvalue weighted by molar-refractivity contribution is -0.129. The number of benzene rings is 1. The summed E-state index contributed by atoms with van der Waals surface area (Å²) in [5.41, 5.74) is 0.869. The molecule has 1 aliphatic heterocycles. The van der Waals surface area contributed by atoms with Crippen LogP contribution in [0.15, 0.2) is 46.8 Å².